The van der Waals surface area contributed by atoms with Crippen LogP contribution in [0.4, 0.5) is 11.4 Å². The molecule has 0 saturated carbocycles. The number of halogens is 2. The van der Waals surface area contributed by atoms with E-state index in [4.69, 9.17) is 37.4 Å². The van der Waals surface area contributed by atoms with Crippen LogP contribution in [-0.2, 0) is 28.9 Å². The third-order valence-electron chi connectivity index (χ3n) is 8.63. The van der Waals surface area contributed by atoms with Crippen LogP contribution in [0.25, 0.3) is 5.69 Å². The minimum atomic E-state index is -1.09. The molecule has 11 nitrogen and oxygen atoms in total. The van der Waals surface area contributed by atoms with Crippen molar-refractivity contribution in [3.8, 4) is 11.4 Å². The summed E-state index contributed by atoms with van der Waals surface area (Å²) in [5.41, 5.74) is 3.66. The van der Waals surface area contributed by atoms with Gasteiger partial charge in [-0.2, -0.15) is 5.10 Å². The molecule has 13 heteroatoms. The highest BCUT2D eigenvalue weighted by Crippen LogP contribution is 2.40. The van der Waals surface area contributed by atoms with Gasteiger partial charge < -0.3 is 28.6 Å². The topological polar surface area (TPSA) is 91.8 Å². The van der Waals surface area contributed by atoms with E-state index < -0.39 is 5.79 Å². The number of nitrogens with zero attached hydrogens (tertiary/aromatic N) is 7. The van der Waals surface area contributed by atoms with Gasteiger partial charge >= 0.3 is 5.69 Å². The van der Waals surface area contributed by atoms with Crippen molar-refractivity contribution in [3.05, 3.63) is 117 Å². The largest absolute Gasteiger partial charge is 0.491 e. The second-order valence-electron chi connectivity index (χ2n) is 11.7. The molecule has 3 aromatic carbocycles. The normalized spacial score (nSPS) is 19.8. The average molecular weight is 677 g/mol. The van der Waals surface area contributed by atoms with E-state index in [2.05, 4.69) is 44.1 Å². The van der Waals surface area contributed by atoms with Crippen molar-refractivity contribution in [1.29, 1.82) is 0 Å². The molecule has 0 radical (unpaired) electrons. The van der Waals surface area contributed by atoms with Crippen LogP contribution in [0.2, 0.25) is 10.0 Å². The van der Waals surface area contributed by atoms with E-state index in [9.17, 15) is 4.79 Å². The van der Waals surface area contributed by atoms with E-state index >= 15 is 0 Å². The van der Waals surface area contributed by atoms with Crippen LogP contribution in [0, 0.1) is 6.92 Å². The number of aromatic nitrogens is 5. The van der Waals surface area contributed by atoms with Crippen molar-refractivity contribution in [2.24, 2.45) is 7.05 Å². The number of rotatable bonds is 9. The maximum Gasteiger partial charge on any atom is 0.350 e. The second kappa shape index (κ2) is 13.1. The Morgan fingerprint density at radius 1 is 0.936 bits per heavy atom. The van der Waals surface area contributed by atoms with Gasteiger partial charge in [-0.15, -0.1) is 0 Å². The summed E-state index contributed by atoms with van der Waals surface area (Å²) in [6.45, 7) is 6.45. The van der Waals surface area contributed by atoms with Gasteiger partial charge in [0.1, 0.15) is 24.3 Å². The molecule has 0 N–H and O–H groups in total. The molecule has 2 aliphatic rings. The first-order valence-corrected chi connectivity index (χ1v) is 16.2. The Morgan fingerprint density at radius 3 is 2.19 bits per heavy atom. The summed E-state index contributed by atoms with van der Waals surface area (Å²) in [7, 11) is 1.66. The van der Waals surface area contributed by atoms with E-state index in [0.717, 1.165) is 49.0 Å². The number of ether oxygens (including phenoxy) is 3. The number of aryl methyl sites for hydroxylation is 2. The predicted octanol–water partition coefficient (Wildman–Crippen LogP) is 5.06. The van der Waals surface area contributed by atoms with Crippen molar-refractivity contribution in [1.82, 2.24) is 23.9 Å². The summed E-state index contributed by atoms with van der Waals surface area (Å²) in [5.74, 6) is 0.331. The average Bonchev–Trinajstić information content (AvgIpc) is 3.80. The Hall–Kier alpha value is -4.29. The van der Waals surface area contributed by atoms with Crippen molar-refractivity contribution in [3.63, 3.8) is 0 Å². The molecule has 0 aliphatic carbocycles. The summed E-state index contributed by atoms with van der Waals surface area (Å²) in [5, 5.41) is 5.24. The highest BCUT2D eigenvalue weighted by atomic mass is 35.5. The number of imidazole rings is 1. The lowest BCUT2D eigenvalue weighted by molar-refractivity contribution is -0.189. The molecule has 0 bridgehead atoms. The molecule has 2 fully saturated rings. The van der Waals surface area contributed by atoms with E-state index in [-0.39, 0.29) is 11.8 Å². The van der Waals surface area contributed by atoms with Crippen molar-refractivity contribution < 1.29 is 14.2 Å². The molecule has 0 spiro atoms. The Kier molecular flexibility index (Phi) is 8.71. The summed E-state index contributed by atoms with van der Waals surface area (Å²) >= 11 is 12.8. The van der Waals surface area contributed by atoms with Crippen LogP contribution < -0.4 is 20.2 Å². The molecule has 244 valence electrons. The fourth-order valence-electron chi connectivity index (χ4n) is 6.24. The molecule has 4 heterocycles. The first-order chi connectivity index (χ1) is 22.8. The zero-order chi connectivity index (χ0) is 32.5. The van der Waals surface area contributed by atoms with Crippen LogP contribution in [-0.4, -0.2) is 69.4 Å². The molecular formula is C34H35Cl2N7O4. The van der Waals surface area contributed by atoms with Gasteiger partial charge in [-0.25, -0.2) is 19.0 Å². The maximum absolute atomic E-state index is 12.4. The third-order valence-corrected chi connectivity index (χ3v) is 9.18. The number of hydrogen-bond donors (Lipinski definition) is 0. The smallest absolute Gasteiger partial charge is 0.350 e. The van der Waals surface area contributed by atoms with Crippen LogP contribution in [0.5, 0.6) is 5.75 Å². The SMILES string of the molecule is Cc1nn(C)c(=O)n1-c1ccc(N2CCN(c3ccc(OC[C@@H]4CO[C@@](Cn5ccnc5)(c5ccc(Cl)cc5Cl)O4)cc3)CC2)cc1. The lowest BCUT2D eigenvalue weighted by Gasteiger charge is -2.37. The maximum atomic E-state index is 12.4. The fraction of sp³-hybridized carbons (Fsp3) is 0.324. The molecule has 2 saturated heterocycles. The van der Waals surface area contributed by atoms with Crippen LogP contribution >= 0.6 is 23.2 Å². The molecule has 7 rings (SSSR count). The Labute approximate surface area is 282 Å². The highest BCUT2D eigenvalue weighted by molar-refractivity contribution is 6.35. The predicted molar refractivity (Wildman–Crippen MR) is 181 cm³/mol. The van der Waals surface area contributed by atoms with Gasteiger partial charge in [-0.1, -0.05) is 29.3 Å². The van der Waals surface area contributed by atoms with Crippen molar-refractivity contribution in [2.75, 3.05) is 49.2 Å². The Bertz CT molecular complexity index is 1890. The Balaban J connectivity index is 0.936. The first-order valence-electron chi connectivity index (χ1n) is 15.5. The molecule has 0 unspecified atom stereocenters. The molecule has 0 amide bonds. The standard InChI is InChI=1S/C34H35Cl2N7O4/c1-24-38-39(2)33(44)43(24)28-6-4-26(5-7-28)41-15-17-42(18-16-41)27-8-10-29(11-9-27)45-20-30-21-46-34(47-30,22-40-14-13-37-23-40)31-12-3-25(35)19-32(31)36/h3-14,19,23,30H,15-18,20-22H2,1-2H3/t30-,34-/m1/s1. The van der Waals surface area contributed by atoms with Crippen LogP contribution in [0.15, 0.2) is 90.2 Å². The number of benzene rings is 3. The molecule has 47 heavy (non-hydrogen) atoms. The molecule has 5 aromatic rings. The molecule has 2 atom stereocenters. The minimum absolute atomic E-state index is 0.149. The van der Waals surface area contributed by atoms with Crippen LogP contribution in [0.3, 0.4) is 0 Å². The van der Waals surface area contributed by atoms with Crippen molar-refractivity contribution >= 4 is 34.6 Å². The lowest BCUT2D eigenvalue weighted by atomic mass is 10.1. The third kappa shape index (κ3) is 6.48. The summed E-state index contributed by atoms with van der Waals surface area (Å²) in [6, 6.07) is 21.6. The summed E-state index contributed by atoms with van der Waals surface area (Å²) < 4.78 is 23.8. The van der Waals surface area contributed by atoms with Crippen molar-refractivity contribution in [2.45, 2.75) is 25.4 Å². The van der Waals surface area contributed by atoms with E-state index in [1.807, 2.05) is 48.0 Å². The monoisotopic (exact) mass is 675 g/mol. The van der Waals surface area contributed by atoms with Gasteiger partial charge in [0, 0.05) is 67.6 Å². The minimum Gasteiger partial charge on any atom is -0.491 e. The van der Waals surface area contributed by atoms with E-state index in [1.54, 1.807) is 36.3 Å². The van der Waals surface area contributed by atoms with Crippen LogP contribution in [0.1, 0.15) is 11.4 Å². The summed E-state index contributed by atoms with van der Waals surface area (Å²) in [6.07, 6.45) is 4.98. The zero-order valence-electron chi connectivity index (χ0n) is 26.1. The number of anilines is 2. The number of piperazine rings is 1. The van der Waals surface area contributed by atoms with Gasteiger partial charge in [0.2, 0.25) is 5.79 Å². The van der Waals surface area contributed by atoms with Gasteiger partial charge in [0.05, 0.1) is 30.2 Å². The molecule has 2 aromatic heterocycles. The highest BCUT2D eigenvalue weighted by Gasteiger charge is 2.45. The summed E-state index contributed by atoms with van der Waals surface area (Å²) in [4.78, 5) is 21.3. The van der Waals surface area contributed by atoms with Gasteiger partial charge in [-0.05, 0) is 67.6 Å². The Morgan fingerprint density at radius 2 is 1.60 bits per heavy atom. The lowest BCUT2D eigenvalue weighted by Crippen LogP contribution is -2.46. The second-order valence-corrected chi connectivity index (χ2v) is 12.6. The van der Waals surface area contributed by atoms with Gasteiger partial charge in [0.15, 0.2) is 0 Å². The zero-order valence-corrected chi connectivity index (χ0v) is 27.6. The van der Waals surface area contributed by atoms with E-state index in [1.165, 1.54) is 4.68 Å². The fourth-order valence-corrected chi connectivity index (χ4v) is 6.79. The quantitative estimate of drug-likeness (QED) is 0.214. The molecule has 2 aliphatic heterocycles. The first kappa shape index (κ1) is 31.3. The van der Waals surface area contributed by atoms with Gasteiger partial charge in [0.25, 0.3) is 0 Å². The number of hydrogen-bond acceptors (Lipinski definition) is 8. The molecular weight excluding hydrogens is 641 g/mol. The van der Waals surface area contributed by atoms with Gasteiger partial charge in [-0.3, -0.25) is 0 Å². The van der Waals surface area contributed by atoms with E-state index in [0.29, 0.717) is 41.2 Å².